The van der Waals surface area contributed by atoms with Crippen LogP contribution in [-0.4, -0.2) is 23.2 Å². The number of aromatic nitrogens is 2. The molecule has 0 aliphatic carbocycles. The molecule has 0 fully saturated rings. The molecule has 1 aromatic rings. The van der Waals surface area contributed by atoms with Crippen LogP contribution in [0.2, 0.25) is 0 Å². The van der Waals surface area contributed by atoms with Crippen LogP contribution in [0.5, 0.6) is 0 Å². The Hall–Kier alpha value is -1.16. The van der Waals surface area contributed by atoms with Crippen molar-refractivity contribution in [3.8, 4) is 0 Å². The Bertz CT molecular complexity index is 281. The van der Waals surface area contributed by atoms with Crippen molar-refractivity contribution >= 4 is 6.29 Å². The maximum absolute atomic E-state index is 10.4. The summed E-state index contributed by atoms with van der Waals surface area (Å²) in [4.78, 5) is 10.4. The minimum absolute atomic E-state index is 0.227. The van der Waals surface area contributed by atoms with Gasteiger partial charge in [-0.2, -0.15) is 5.10 Å². The van der Waals surface area contributed by atoms with Crippen LogP contribution in [0.15, 0.2) is 6.07 Å². The van der Waals surface area contributed by atoms with Crippen molar-refractivity contribution in [3.05, 3.63) is 17.5 Å². The number of rotatable bonds is 3. The minimum Gasteiger partial charge on any atom is -0.360 e. The summed E-state index contributed by atoms with van der Waals surface area (Å²) < 4.78 is 6.52. The number of aryl methyl sites for hydroxylation is 1. The average molecular weight is 167 g/mol. The van der Waals surface area contributed by atoms with E-state index in [1.165, 1.54) is 4.68 Å². The second-order valence-electron chi connectivity index (χ2n) is 2.55. The van der Waals surface area contributed by atoms with Crippen LogP contribution in [0.1, 0.15) is 24.5 Å². The zero-order chi connectivity index (χ0) is 9.14. The fourth-order valence-electron chi connectivity index (χ4n) is 0.970. The average Bonchev–Trinajstić information content (AvgIpc) is 2.45. The molecule has 0 amide bonds. The van der Waals surface area contributed by atoms with Gasteiger partial charge >= 0.3 is 0 Å². The summed E-state index contributed by atoms with van der Waals surface area (Å²) in [5, 5.41) is 4.08. The highest BCUT2D eigenvalue weighted by Gasteiger charge is 2.10. The quantitative estimate of drug-likeness (QED) is 0.669. The third-order valence-corrected chi connectivity index (χ3v) is 1.65. The molecule has 1 radical (unpaired) electrons. The zero-order valence-electron chi connectivity index (χ0n) is 7.37. The first-order chi connectivity index (χ1) is 5.69. The van der Waals surface area contributed by atoms with Crippen LogP contribution in [0.3, 0.4) is 0 Å². The monoisotopic (exact) mass is 167 g/mol. The molecule has 4 heteroatoms. The number of hydrogen-bond donors (Lipinski definition) is 0. The molecule has 1 atom stereocenters. The van der Waals surface area contributed by atoms with Crippen LogP contribution in [0.25, 0.3) is 0 Å². The van der Waals surface area contributed by atoms with Crippen LogP contribution in [0.4, 0.5) is 0 Å². The van der Waals surface area contributed by atoms with Gasteiger partial charge in [-0.1, -0.05) is 0 Å². The summed E-state index contributed by atoms with van der Waals surface area (Å²) >= 11 is 0. The fraction of sp³-hybridized carbons (Fsp3) is 0.500. The standard InChI is InChI=1S/C8H11N2O2/c1-6-4-8(5-11)10(9-6)7(2)12-3/h4,7H,1-3H3. The van der Waals surface area contributed by atoms with E-state index in [9.17, 15) is 4.79 Å². The molecular weight excluding hydrogens is 156 g/mol. The van der Waals surface area contributed by atoms with E-state index in [0.29, 0.717) is 5.69 Å². The van der Waals surface area contributed by atoms with Gasteiger partial charge in [-0.25, -0.2) is 4.68 Å². The molecule has 0 saturated heterocycles. The first-order valence-corrected chi connectivity index (χ1v) is 3.66. The van der Waals surface area contributed by atoms with Crippen molar-refractivity contribution in [1.82, 2.24) is 9.78 Å². The van der Waals surface area contributed by atoms with Gasteiger partial charge in [0.25, 0.3) is 6.29 Å². The first kappa shape index (κ1) is 8.93. The molecular formula is C8H11N2O2. The zero-order valence-corrected chi connectivity index (χ0v) is 7.37. The maximum Gasteiger partial charge on any atom is 0.253 e. The number of ether oxygens (including phenoxy) is 1. The summed E-state index contributed by atoms with van der Waals surface area (Å²) in [5.41, 5.74) is 1.21. The number of nitrogens with zero attached hydrogens (tertiary/aromatic N) is 2. The molecule has 0 aliphatic rings. The molecule has 1 rings (SSSR count). The molecule has 1 heterocycles. The van der Waals surface area contributed by atoms with Gasteiger partial charge < -0.3 is 4.74 Å². The Kier molecular flexibility index (Phi) is 2.60. The molecule has 1 unspecified atom stereocenters. The SMILES string of the molecule is COC(C)n1nc(C)cc1[C]=O. The van der Waals surface area contributed by atoms with E-state index >= 15 is 0 Å². The third kappa shape index (κ3) is 1.53. The highest BCUT2D eigenvalue weighted by Crippen LogP contribution is 2.09. The number of methoxy groups -OCH3 is 1. The van der Waals surface area contributed by atoms with Gasteiger partial charge in [0.1, 0.15) is 11.9 Å². The highest BCUT2D eigenvalue weighted by atomic mass is 16.5. The maximum atomic E-state index is 10.4. The van der Waals surface area contributed by atoms with E-state index in [2.05, 4.69) is 5.10 Å². The summed E-state index contributed by atoms with van der Waals surface area (Å²) in [5.74, 6) is 0. The topological polar surface area (TPSA) is 44.1 Å². The normalized spacial score (nSPS) is 12.9. The molecule has 0 aliphatic heterocycles. The van der Waals surface area contributed by atoms with Crippen molar-refractivity contribution in [2.75, 3.05) is 7.11 Å². The molecule has 0 aromatic carbocycles. The van der Waals surface area contributed by atoms with Gasteiger partial charge in [-0.3, -0.25) is 4.79 Å². The Morgan fingerprint density at radius 1 is 1.75 bits per heavy atom. The van der Waals surface area contributed by atoms with E-state index in [0.717, 1.165) is 5.69 Å². The largest absolute Gasteiger partial charge is 0.360 e. The molecule has 0 spiro atoms. The molecule has 0 bridgehead atoms. The molecule has 4 nitrogen and oxygen atoms in total. The number of hydrogen-bond acceptors (Lipinski definition) is 3. The van der Waals surface area contributed by atoms with Gasteiger partial charge in [0, 0.05) is 7.11 Å². The number of carbonyl (C=O) groups excluding carboxylic acids is 1. The Morgan fingerprint density at radius 3 is 2.92 bits per heavy atom. The Morgan fingerprint density at radius 2 is 2.42 bits per heavy atom. The predicted octanol–water partition coefficient (Wildman–Crippen LogP) is 0.814. The Balaban J connectivity index is 3.03. The van der Waals surface area contributed by atoms with E-state index < -0.39 is 0 Å². The fourth-order valence-corrected chi connectivity index (χ4v) is 0.970. The summed E-state index contributed by atoms with van der Waals surface area (Å²) in [6, 6.07) is 1.67. The molecule has 0 saturated carbocycles. The smallest absolute Gasteiger partial charge is 0.253 e. The van der Waals surface area contributed by atoms with Gasteiger partial charge in [0.2, 0.25) is 0 Å². The van der Waals surface area contributed by atoms with E-state index in [1.807, 2.05) is 13.8 Å². The van der Waals surface area contributed by atoms with Gasteiger partial charge in [0.05, 0.1) is 5.69 Å². The lowest BCUT2D eigenvalue weighted by Gasteiger charge is -2.10. The second-order valence-corrected chi connectivity index (χ2v) is 2.55. The lowest BCUT2D eigenvalue weighted by molar-refractivity contribution is 0.0494. The third-order valence-electron chi connectivity index (χ3n) is 1.65. The van der Waals surface area contributed by atoms with Crippen molar-refractivity contribution < 1.29 is 9.53 Å². The summed E-state index contributed by atoms with van der Waals surface area (Å²) in [6.07, 6.45) is 1.58. The molecule has 1 aromatic heterocycles. The van der Waals surface area contributed by atoms with E-state index in [1.54, 1.807) is 19.5 Å². The van der Waals surface area contributed by atoms with Crippen molar-refractivity contribution in [2.45, 2.75) is 20.1 Å². The van der Waals surface area contributed by atoms with Crippen LogP contribution >= 0.6 is 0 Å². The second kappa shape index (κ2) is 3.49. The molecule has 12 heavy (non-hydrogen) atoms. The summed E-state index contributed by atoms with van der Waals surface area (Å²) in [7, 11) is 1.57. The predicted molar refractivity (Wildman–Crippen MR) is 43.5 cm³/mol. The van der Waals surface area contributed by atoms with Crippen molar-refractivity contribution in [3.63, 3.8) is 0 Å². The van der Waals surface area contributed by atoms with Crippen LogP contribution in [-0.2, 0) is 9.53 Å². The van der Waals surface area contributed by atoms with Gasteiger partial charge in [-0.15, -0.1) is 0 Å². The van der Waals surface area contributed by atoms with Crippen LogP contribution in [0, 0.1) is 6.92 Å². The van der Waals surface area contributed by atoms with Crippen LogP contribution < -0.4 is 0 Å². The first-order valence-electron chi connectivity index (χ1n) is 3.66. The minimum atomic E-state index is -0.227. The molecule has 0 N–H and O–H groups in total. The van der Waals surface area contributed by atoms with Gasteiger partial charge in [0.15, 0.2) is 0 Å². The molecule has 65 valence electrons. The van der Waals surface area contributed by atoms with Crippen molar-refractivity contribution in [2.24, 2.45) is 0 Å². The van der Waals surface area contributed by atoms with E-state index in [4.69, 9.17) is 4.74 Å². The van der Waals surface area contributed by atoms with Crippen molar-refractivity contribution in [1.29, 1.82) is 0 Å². The van der Waals surface area contributed by atoms with Gasteiger partial charge in [-0.05, 0) is 19.9 Å². The lowest BCUT2D eigenvalue weighted by Crippen LogP contribution is -2.11. The Labute approximate surface area is 71.1 Å². The van der Waals surface area contributed by atoms with E-state index in [-0.39, 0.29) is 6.23 Å². The lowest BCUT2D eigenvalue weighted by atomic mass is 10.4. The highest BCUT2D eigenvalue weighted by molar-refractivity contribution is 5.72. The summed E-state index contributed by atoms with van der Waals surface area (Å²) in [6.45, 7) is 3.63.